The largest absolute Gasteiger partial charge is 0.481 e. The monoisotopic (exact) mass is 198 g/mol. The van der Waals surface area contributed by atoms with Gasteiger partial charge >= 0.3 is 0 Å². The van der Waals surface area contributed by atoms with Crippen LogP contribution < -0.4 is 0 Å². The highest BCUT2D eigenvalue weighted by molar-refractivity contribution is 7.80. The smallest absolute Gasteiger partial charge is 0.300 e. The van der Waals surface area contributed by atoms with Crippen LogP contribution in [0.2, 0.25) is 0 Å². The van der Waals surface area contributed by atoms with Gasteiger partial charge in [0.25, 0.3) is 5.97 Å². The minimum absolute atomic E-state index is 0.740. The average molecular weight is 198 g/mol. The minimum atomic E-state index is -0.833. The van der Waals surface area contributed by atoms with Gasteiger partial charge in [-0.25, -0.2) is 0 Å². The second-order valence-electron chi connectivity index (χ2n) is 1.58. The minimum Gasteiger partial charge on any atom is -0.481 e. The number of carboxylic acids is 1. The molecule has 0 unspecified atom stereocenters. The summed E-state index contributed by atoms with van der Waals surface area (Å²) < 4.78 is 4.98. The zero-order chi connectivity index (χ0) is 9.11. The molecule has 0 bridgehead atoms. The van der Waals surface area contributed by atoms with Crippen LogP contribution in [0.5, 0.6) is 0 Å². The second-order valence-corrected chi connectivity index (χ2v) is 2.47. The Morgan fingerprint density at radius 3 is 1.82 bits per heavy atom. The van der Waals surface area contributed by atoms with Gasteiger partial charge in [0.2, 0.25) is 0 Å². The molecule has 0 heterocycles. The first-order chi connectivity index (χ1) is 5.15. The second kappa shape index (κ2) is 12.8. The van der Waals surface area contributed by atoms with E-state index in [1.54, 1.807) is 0 Å². The Morgan fingerprint density at radius 1 is 1.36 bits per heavy atom. The van der Waals surface area contributed by atoms with E-state index < -0.39 is 5.97 Å². The van der Waals surface area contributed by atoms with Gasteiger partial charge in [0, 0.05) is 18.4 Å². The van der Waals surface area contributed by atoms with Gasteiger partial charge in [0.1, 0.15) is 0 Å². The highest BCUT2D eigenvalue weighted by Crippen LogP contribution is 1.79. The van der Waals surface area contributed by atoms with Crippen molar-refractivity contribution < 1.29 is 14.6 Å². The zero-order valence-electron chi connectivity index (χ0n) is 6.49. The number of aliphatic carboxylic acids is 1. The maximum absolute atomic E-state index is 9.00. The van der Waals surface area contributed by atoms with Crippen LogP contribution in [0.4, 0.5) is 0 Å². The van der Waals surface area contributed by atoms with E-state index >= 15 is 0 Å². The van der Waals surface area contributed by atoms with Crippen molar-refractivity contribution in [3.8, 4) is 0 Å². The highest BCUT2D eigenvalue weighted by Gasteiger charge is 1.78. The fourth-order valence-electron chi connectivity index (χ4n) is 0.231. The van der Waals surface area contributed by atoms with Gasteiger partial charge in [0.05, 0.1) is 13.2 Å². The SMILES string of the molecule is CC(=O)O.SCCOCCS. The lowest BCUT2D eigenvalue weighted by atomic mass is 10.8. The Kier molecular flexibility index (Phi) is 15.9. The van der Waals surface area contributed by atoms with Crippen molar-refractivity contribution in [2.45, 2.75) is 6.92 Å². The van der Waals surface area contributed by atoms with Crippen LogP contribution in [0.1, 0.15) is 6.92 Å². The van der Waals surface area contributed by atoms with E-state index in [1.165, 1.54) is 0 Å². The van der Waals surface area contributed by atoms with E-state index in [9.17, 15) is 0 Å². The summed E-state index contributed by atoms with van der Waals surface area (Å²) in [5.74, 6) is 0.765. The fourth-order valence-corrected chi connectivity index (χ4v) is 0.489. The lowest BCUT2D eigenvalue weighted by molar-refractivity contribution is -0.134. The van der Waals surface area contributed by atoms with E-state index in [4.69, 9.17) is 14.6 Å². The van der Waals surface area contributed by atoms with E-state index in [-0.39, 0.29) is 0 Å². The molecule has 0 atom stereocenters. The van der Waals surface area contributed by atoms with Crippen LogP contribution in [0, 0.1) is 0 Å². The zero-order valence-corrected chi connectivity index (χ0v) is 8.28. The van der Waals surface area contributed by atoms with Crippen molar-refractivity contribution in [1.29, 1.82) is 0 Å². The Balaban J connectivity index is 0. The first kappa shape index (κ1) is 13.7. The summed E-state index contributed by atoms with van der Waals surface area (Å²) in [6, 6.07) is 0. The molecule has 11 heavy (non-hydrogen) atoms. The molecule has 0 aromatic rings. The van der Waals surface area contributed by atoms with Crippen molar-refractivity contribution >= 4 is 31.2 Å². The number of ether oxygens (including phenoxy) is 1. The van der Waals surface area contributed by atoms with E-state index in [1.807, 2.05) is 0 Å². The van der Waals surface area contributed by atoms with E-state index in [0.29, 0.717) is 0 Å². The number of hydrogen-bond donors (Lipinski definition) is 3. The Hall–Kier alpha value is 0.130. The van der Waals surface area contributed by atoms with Crippen molar-refractivity contribution in [3.63, 3.8) is 0 Å². The van der Waals surface area contributed by atoms with Gasteiger partial charge in [-0.2, -0.15) is 25.3 Å². The number of hydrogen-bond acceptors (Lipinski definition) is 4. The molecule has 0 amide bonds. The number of carbonyl (C=O) groups is 1. The maximum Gasteiger partial charge on any atom is 0.300 e. The third-order valence-electron chi connectivity index (χ3n) is 0.471. The van der Waals surface area contributed by atoms with Crippen LogP contribution in [-0.2, 0) is 9.53 Å². The topological polar surface area (TPSA) is 46.5 Å². The summed E-state index contributed by atoms with van der Waals surface area (Å²) in [5.41, 5.74) is 0. The molecule has 1 N–H and O–H groups in total. The first-order valence-electron chi connectivity index (χ1n) is 3.14. The van der Waals surface area contributed by atoms with Crippen molar-refractivity contribution in [3.05, 3.63) is 0 Å². The standard InChI is InChI=1S/C4H10OS2.C2H4O2/c6-3-1-5-2-4-7;1-2(3)4/h6-7H,1-4H2;1H3,(H,3,4). The van der Waals surface area contributed by atoms with Gasteiger partial charge in [0.15, 0.2) is 0 Å². The van der Waals surface area contributed by atoms with E-state index in [2.05, 4.69) is 25.3 Å². The first-order valence-corrected chi connectivity index (χ1v) is 4.40. The van der Waals surface area contributed by atoms with Gasteiger partial charge in [-0.1, -0.05) is 0 Å². The summed E-state index contributed by atoms with van der Waals surface area (Å²) in [7, 11) is 0. The van der Waals surface area contributed by atoms with Crippen LogP contribution in [-0.4, -0.2) is 35.8 Å². The Morgan fingerprint density at radius 2 is 1.64 bits per heavy atom. The van der Waals surface area contributed by atoms with Gasteiger partial charge in [-0.15, -0.1) is 0 Å². The average Bonchev–Trinajstić information content (AvgIpc) is 1.88. The Labute approximate surface area is 77.9 Å². The fraction of sp³-hybridized carbons (Fsp3) is 0.833. The van der Waals surface area contributed by atoms with E-state index in [0.717, 1.165) is 31.6 Å². The third-order valence-corrected chi connectivity index (χ3v) is 0.836. The molecule has 68 valence electrons. The molecular formula is C6H14O3S2. The van der Waals surface area contributed by atoms with Crippen molar-refractivity contribution in [2.24, 2.45) is 0 Å². The molecule has 0 aromatic carbocycles. The molecule has 0 aliphatic heterocycles. The summed E-state index contributed by atoms with van der Waals surface area (Å²) >= 11 is 7.89. The number of thiol groups is 2. The van der Waals surface area contributed by atoms with Gasteiger partial charge < -0.3 is 9.84 Å². The van der Waals surface area contributed by atoms with Crippen LogP contribution in [0.3, 0.4) is 0 Å². The summed E-state index contributed by atoms with van der Waals surface area (Å²) in [5, 5.41) is 7.42. The molecule has 0 saturated carbocycles. The van der Waals surface area contributed by atoms with Crippen LogP contribution in [0.25, 0.3) is 0 Å². The third kappa shape index (κ3) is 39.3. The molecule has 0 radical (unpaired) electrons. The molecule has 0 fully saturated rings. The van der Waals surface area contributed by atoms with Gasteiger partial charge in [-0.3, -0.25) is 4.79 Å². The molecule has 0 spiro atoms. The summed E-state index contributed by atoms with van der Waals surface area (Å²) in [6.45, 7) is 2.56. The quantitative estimate of drug-likeness (QED) is 0.465. The predicted molar refractivity (Wildman–Crippen MR) is 51.8 cm³/mol. The predicted octanol–water partition coefficient (Wildman–Crippen LogP) is 0.953. The van der Waals surface area contributed by atoms with Crippen LogP contribution >= 0.6 is 25.3 Å². The van der Waals surface area contributed by atoms with Crippen LogP contribution in [0.15, 0.2) is 0 Å². The molecule has 0 saturated heterocycles. The molecule has 0 aliphatic rings. The van der Waals surface area contributed by atoms with Gasteiger partial charge in [-0.05, 0) is 0 Å². The maximum atomic E-state index is 9.00. The molecular weight excluding hydrogens is 184 g/mol. The normalized spacial score (nSPS) is 8.27. The summed E-state index contributed by atoms with van der Waals surface area (Å²) in [4.78, 5) is 9.00. The molecule has 0 aromatic heterocycles. The molecule has 3 nitrogen and oxygen atoms in total. The Bertz CT molecular complexity index is 79.9. The number of rotatable bonds is 4. The number of carboxylic acid groups (broad SMARTS) is 1. The van der Waals surface area contributed by atoms with Crippen molar-refractivity contribution in [1.82, 2.24) is 0 Å². The molecule has 0 rings (SSSR count). The molecule has 5 heteroatoms. The van der Waals surface area contributed by atoms with Crippen molar-refractivity contribution in [2.75, 3.05) is 24.7 Å². The summed E-state index contributed by atoms with van der Waals surface area (Å²) in [6.07, 6.45) is 0. The lowest BCUT2D eigenvalue weighted by Crippen LogP contribution is -1.97. The lowest BCUT2D eigenvalue weighted by Gasteiger charge is -1.94. The highest BCUT2D eigenvalue weighted by atomic mass is 32.1. The molecule has 0 aliphatic carbocycles.